The van der Waals surface area contributed by atoms with Crippen molar-refractivity contribution in [3.05, 3.63) is 28.8 Å². The van der Waals surface area contributed by atoms with Gasteiger partial charge in [-0.05, 0) is 37.0 Å². The third kappa shape index (κ3) is 4.53. The van der Waals surface area contributed by atoms with Crippen molar-refractivity contribution < 1.29 is 19.1 Å². The van der Waals surface area contributed by atoms with Crippen LogP contribution in [0.1, 0.15) is 55.8 Å². The number of nitrogens with zero attached hydrogens (tertiary/aromatic N) is 1. The van der Waals surface area contributed by atoms with Crippen LogP contribution in [0, 0.1) is 5.92 Å². The summed E-state index contributed by atoms with van der Waals surface area (Å²) >= 11 is 6.15. The molecule has 1 saturated carbocycles. The van der Waals surface area contributed by atoms with Crippen LogP contribution < -0.4 is 10.1 Å². The molecule has 4 rings (SSSR count). The summed E-state index contributed by atoms with van der Waals surface area (Å²) in [6.45, 7) is 3.74. The fraction of sp³-hybridized carbons (Fsp3) is 0.636. The highest BCUT2D eigenvalue weighted by Gasteiger charge is 2.42. The van der Waals surface area contributed by atoms with Crippen LogP contribution in [0.5, 0.6) is 5.75 Å². The van der Waals surface area contributed by atoms with Gasteiger partial charge in [0.15, 0.2) is 0 Å². The van der Waals surface area contributed by atoms with Gasteiger partial charge in [0.1, 0.15) is 17.9 Å². The number of benzene rings is 1. The van der Waals surface area contributed by atoms with Crippen LogP contribution >= 0.6 is 11.6 Å². The second kappa shape index (κ2) is 8.52. The number of rotatable bonds is 3. The second-order valence-electron chi connectivity index (χ2n) is 8.63. The number of ether oxygens (including phenoxy) is 2. The van der Waals surface area contributed by atoms with Gasteiger partial charge in [-0.2, -0.15) is 0 Å². The van der Waals surface area contributed by atoms with Gasteiger partial charge in [-0.3, -0.25) is 9.59 Å². The molecule has 1 aromatic rings. The Kier molecular flexibility index (Phi) is 6.02. The standard InChI is InChI=1S/C22H29ClN2O4/c1-15-4-2-3-5-18(15)24-20(26)13-25-14-22(8-10-28-11-9-22)29-19-7-6-16(23)12-17(19)21(25)27/h6-7,12,15,18H,2-5,8-11,13-14H2,1H3,(H,24,26)/t15-,18+/m1/s1. The molecule has 1 saturated heterocycles. The first-order valence-electron chi connectivity index (χ1n) is 10.6. The smallest absolute Gasteiger partial charge is 0.258 e. The third-order valence-corrected chi connectivity index (χ3v) is 6.70. The van der Waals surface area contributed by atoms with Crippen molar-refractivity contribution in [3.63, 3.8) is 0 Å². The molecule has 0 radical (unpaired) electrons. The fourth-order valence-electron chi connectivity index (χ4n) is 4.70. The molecule has 0 unspecified atom stereocenters. The van der Waals surface area contributed by atoms with Crippen LogP contribution in [-0.2, 0) is 9.53 Å². The Bertz CT molecular complexity index is 778. The lowest BCUT2D eigenvalue weighted by Crippen LogP contribution is -2.53. The van der Waals surface area contributed by atoms with Crippen LogP contribution in [0.15, 0.2) is 18.2 Å². The first-order chi connectivity index (χ1) is 14.0. The van der Waals surface area contributed by atoms with Gasteiger partial charge in [0.2, 0.25) is 5.91 Å². The van der Waals surface area contributed by atoms with Crippen molar-refractivity contribution in [2.75, 3.05) is 26.3 Å². The van der Waals surface area contributed by atoms with Gasteiger partial charge in [0.05, 0.1) is 25.3 Å². The first kappa shape index (κ1) is 20.5. The van der Waals surface area contributed by atoms with E-state index in [-0.39, 0.29) is 24.4 Å². The monoisotopic (exact) mass is 420 g/mol. The molecule has 0 aromatic heterocycles. The first-order valence-corrected chi connectivity index (χ1v) is 11.0. The van der Waals surface area contributed by atoms with Crippen molar-refractivity contribution in [2.24, 2.45) is 5.92 Å². The highest BCUT2D eigenvalue weighted by Crippen LogP contribution is 2.36. The van der Waals surface area contributed by atoms with Crippen molar-refractivity contribution in [1.29, 1.82) is 0 Å². The lowest BCUT2D eigenvalue weighted by molar-refractivity contribution is -0.124. The molecule has 2 aliphatic heterocycles. The van der Waals surface area contributed by atoms with E-state index >= 15 is 0 Å². The largest absolute Gasteiger partial charge is 0.484 e. The summed E-state index contributed by atoms with van der Waals surface area (Å²) in [6.07, 6.45) is 5.86. The van der Waals surface area contributed by atoms with Crippen LogP contribution in [0.2, 0.25) is 5.02 Å². The van der Waals surface area contributed by atoms with Gasteiger partial charge in [0.25, 0.3) is 5.91 Å². The number of nitrogens with one attached hydrogen (secondary N) is 1. The van der Waals surface area contributed by atoms with Crippen LogP contribution in [-0.4, -0.2) is 54.7 Å². The van der Waals surface area contributed by atoms with Gasteiger partial charge < -0.3 is 19.7 Å². The highest BCUT2D eigenvalue weighted by atomic mass is 35.5. The molecule has 2 heterocycles. The Morgan fingerprint density at radius 3 is 2.79 bits per heavy atom. The van der Waals surface area contributed by atoms with E-state index in [0.717, 1.165) is 19.3 Å². The maximum Gasteiger partial charge on any atom is 0.258 e. The minimum absolute atomic E-state index is 0.0278. The van der Waals surface area contributed by atoms with E-state index in [1.54, 1.807) is 23.1 Å². The van der Waals surface area contributed by atoms with Crippen molar-refractivity contribution in [1.82, 2.24) is 10.2 Å². The molecule has 2 atom stereocenters. The molecule has 29 heavy (non-hydrogen) atoms. The maximum atomic E-state index is 13.3. The molecule has 158 valence electrons. The van der Waals surface area contributed by atoms with Crippen molar-refractivity contribution in [3.8, 4) is 5.75 Å². The number of halogens is 1. The lowest BCUT2D eigenvalue weighted by Gasteiger charge is -2.39. The third-order valence-electron chi connectivity index (χ3n) is 6.46. The van der Waals surface area contributed by atoms with Crippen molar-refractivity contribution in [2.45, 2.75) is 57.1 Å². The molecule has 1 aliphatic carbocycles. The summed E-state index contributed by atoms with van der Waals surface area (Å²) in [5.74, 6) is 0.685. The zero-order chi connectivity index (χ0) is 20.4. The number of fused-ring (bicyclic) bond motifs is 1. The topological polar surface area (TPSA) is 67.9 Å². The minimum Gasteiger partial charge on any atom is -0.484 e. The predicted molar refractivity (Wildman–Crippen MR) is 110 cm³/mol. The summed E-state index contributed by atoms with van der Waals surface area (Å²) in [5.41, 5.74) is -0.120. The van der Waals surface area contributed by atoms with E-state index < -0.39 is 5.60 Å². The highest BCUT2D eigenvalue weighted by molar-refractivity contribution is 6.31. The molecule has 6 nitrogen and oxygen atoms in total. The molecule has 0 bridgehead atoms. The average molecular weight is 421 g/mol. The summed E-state index contributed by atoms with van der Waals surface area (Å²) < 4.78 is 11.9. The van der Waals surface area contributed by atoms with Gasteiger partial charge in [0, 0.05) is 23.9 Å². The van der Waals surface area contributed by atoms with E-state index in [9.17, 15) is 9.59 Å². The molecular formula is C22H29ClN2O4. The van der Waals surface area contributed by atoms with E-state index in [1.165, 1.54) is 6.42 Å². The Morgan fingerprint density at radius 2 is 2.03 bits per heavy atom. The maximum absolute atomic E-state index is 13.3. The fourth-order valence-corrected chi connectivity index (χ4v) is 4.87. The average Bonchev–Trinajstić information content (AvgIpc) is 2.80. The molecule has 7 heteroatoms. The number of hydrogen-bond donors (Lipinski definition) is 1. The number of amides is 2. The van der Waals surface area contributed by atoms with Crippen molar-refractivity contribution >= 4 is 23.4 Å². The van der Waals surface area contributed by atoms with Gasteiger partial charge in [-0.25, -0.2) is 0 Å². The van der Waals surface area contributed by atoms with E-state index in [0.29, 0.717) is 54.9 Å². The van der Waals surface area contributed by atoms with Crippen LogP contribution in [0.25, 0.3) is 0 Å². The SMILES string of the molecule is C[C@@H]1CCCC[C@@H]1NC(=O)CN1CC2(CCOCC2)Oc2ccc(Cl)cc2C1=O. The summed E-state index contributed by atoms with van der Waals surface area (Å²) in [7, 11) is 0. The van der Waals surface area contributed by atoms with E-state index in [4.69, 9.17) is 21.1 Å². The molecule has 1 N–H and O–H groups in total. The molecule has 1 spiro atoms. The Hall–Kier alpha value is -1.79. The van der Waals surface area contributed by atoms with Crippen LogP contribution in [0.4, 0.5) is 0 Å². The molecule has 3 aliphatic rings. The summed E-state index contributed by atoms with van der Waals surface area (Å²) in [5, 5.41) is 3.64. The molecule has 2 fully saturated rings. The minimum atomic E-state index is -0.536. The zero-order valence-corrected chi connectivity index (χ0v) is 17.7. The quantitative estimate of drug-likeness (QED) is 0.813. The summed E-state index contributed by atoms with van der Waals surface area (Å²) in [6, 6.07) is 5.30. The molecule has 2 amide bonds. The zero-order valence-electron chi connectivity index (χ0n) is 16.9. The predicted octanol–water partition coefficient (Wildman–Crippen LogP) is 3.42. The number of carbonyl (C=O) groups excluding carboxylic acids is 2. The number of carbonyl (C=O) groups is 2. The van der Waals surface area contributed by atoms with Crippen LogP contribution in [0.3, 0.4) is 0 Å². The Balaban J connectivity index is 1.55. The van der Waals surface area contributed by atoms with E-state index in [1.807, 2.05) is 0 Å². The number of hydrogen-bond acceptors (Lipinski definition) is 4. The lowest BCUT2D eigenvalue weighted by atomic mass is 9.86. The van der Waals surface area contributed by atoms with E-state index in [2.05, 4.69) is 12.2 Å². The second-order valence-corrected chi connectivity index (χ2v) is 9.07. The Labute approximate surface area is 176 Å². The van der Waals surface area contributed by atoms with Gasteiger partial charge in [-0.1, -0.05) is 31.4 Å². The molecular weight excluding hydrogens is 392 g/mol. The normalized spacial score (nSPS) is 26.4. The molecule has 1 aromatic carbocycles. The van der Waals surface area contributed by atoms with Gasteiger partial charge in [-0.15, -0.1) is 0 Å². The Morgan fingerprint density at radius 1 is 1.28 bits per heavy atom. The van der Waals surface area contributed by atoms with Gasteiger partial charge >= 0.3 is 0 Å². The summed E-state index contributed by atoms with van der Waals surface area (Å²) in [4.78, 5) is 27.7.